The predicted molar refractivity (Wildman–Crippen MR) is 56.9 cm³/mol. The van der Waals surface area contributed by atoms with Gasteiger partial charge in [-0.25, -0.2) is 0 Å². The van der Waals surface area contributed by atoms with Gasteiger partial charge in [0.25, 0.3) is 0 Å². The Labute approximate surface area is 88.5 Å². The number of aromatic hydroxyl groups is 1. The maximum absolute atomic E-state index is 10.3. The fourth-order valence-electron chi connectivity index (χ4n) is 1.35. The van der Waals surface area contributed by atoms with Crippen molar-refractivity contribution in [2.45, 2.75) is 26.2 Å². The van der Waals surface area contributed by atoms with Crippen molar-refractivity contribution < 1.29 is 9.90 Å². The van der Waals surface area contributed by atoms with Crippen molar-refractivity contribution in [3.63, 3.8) is 0 Å². The van der Waals surface area contributed by atoms with Crippen molar-refractivity contribution in [3.8, 4) is 5.75 Å². The summed E-state index contributed by atoms with van der Waals surface area (Å²) in [5, 5.41) is 10.1. The van der Waals surface area contributed by atoms with Gasteiger partial charge in [-0.15, -0.1) is 0 Å². The van der Waals surface area contributed by atoms with Crippen LogP contribution in [0, 0.1) is 6.92 Å². The molecule has 0 aliphatic carbocycles. The Hall–Kier alpha value is -1.02. The first-order valence-electron chi connectivity index (χ1n) is 4.49. The molecule has 14 heavy (non-hydrogen) atoms. The second kappa shape index (κ2) is 4.47. The molecule has 76 valence electrons. The first kappa shape index (κ1) is 11.1. The number of hydrogen-bond donors (Lipinski definition) is 1. The number of aryl methyl sites for hydroxylation is 1. The zero-order valence-electron chi connectivity index (χ0n) is 8.25. The topological polar surface area (TPSA) is 37.3 Å². The molecule has 0 aliphatic rings. The van der Waals surface area contributed by atoms with Crippen LogP contribution in [0.2, 0.25) is 5.02 Å². The zero-order chi connectivity index (χ0) is 10.7. The second-order valence-electron chi connectivity index (χ2n) is 3.44. The molecule has 2 nitrogen and oxygen atoms in total. The lowest BCUT2D eigenvalue weighted by Crippen LogP contribution is -1.95. The van der Waals surface area contributed by atoms with Crippen molar-refractivity contribution >= 4 is 17.9 Å². The van der Waals surface area contributed by atoms with E-state index in [1.54, 1.807) is 0 Å². The Morgan fingerprint density at radius 3 is 2.79 bits per heavy atom. The van der Waals surface area contributed by atoms with Gasteiger partial charge >= 0.3 is 0 Å². The van der Waals surface area contributed by atoms with E-state index in [9.17, 15) is 9.90 Å². The fraction of sp³-hybridized carbons (Fsp3) is 0.364. The van der Waals surface area contributed by atoms with Gasteiger partial charge in [-0.2, -0.15) is 0 Å². The summed E-state index contributed by atoms with van der Waals surface area (Å²) < 4.78 is 0. The van der Waals surface area contributed by atoms with Gasteiger partial charge in [0.2, 0.25) is 0 Å². The molecule has 1 aromatic rings. The average Bonchev–Trinajstić information content (AvgIpc) is 2.15. The molecule has 0 saturated heterocycles. The molecule has 0 aromatic heterocycles. The lowest BCUT2D eigenvalue weighted by atomic mass is 9.96. The Morgan fingerprint density at radius 2 is 2.21 bits per heavy atom. The van der Waals surface area contributed by atoms with Crippen LogP contribution in [0.25, 0.3) is 0 Å². The lowest BCUT2D eigenvalue weighted by molar-refractivity contribution is -0.108. The van der Waals surface area contributed by atoms with Gasteiger partial charge in [0.1, 0.15) is 12.0 Å². The first-order valence-corrected chi connectivity index (χ1v) is 4.87. The number of rotatable bonds is 3. The van der Waals surface area contributed by atoms with Crippen LogP contribution in [-0.2, 0) is 4.79 Å². The van der Waals surface area contributed by atoms with E-state index in [-0.39, 0.29) is 11.7 Å². The van der Waals surface area contributed by atoms with E-state index in [1.807, 2.05) is 26.0 Å². The minimum Gasteiger partial charge on any atom is -0.506 e. The highest BCUT2D eigenvalue weighted by Gasteiger charge is 2.13. The molecule has 0 spiro atoms. The van der Waals surface area contributed by atoms with E-state index in [2.05, 4.69) is 0 Å². The molecule has 0 bridgehead atoms. The van der Waals surface area contributed by atoms with Crippen LogP contribution < -0.4 is 0 Å². The molecular formula is C11H13ClO2. The van der Waals surface area contributed by atoms with Gasteiger partial charge < -0.3 is 9.90 Å². The third-order valence-corrected chi connectivity index (χ3v) is 2.80. The van der Waals surface area contributed by atoms with E-state index in [0.29, 0.717) is 11.4 Å². The van der Waals surface area contributed by atoms with E-state index < -0.39 is 0 Å². The molecule has 1 unspecified atom stereocenters. The molecule has 3 heteroatoms. The summed E-state index contributed by atoms with van der Waals surface area (Å²) in [7, 11) is 0. The number of carbonyl (C=O) groups excluding carboxylic acids is 1. The summed E-state index contributed by atoms with van der Waals surface area (Å²) in [4.78, 5) is 10.3. The Morgan fingerprint density at radius 1 is 1.57 bits per heavy atom. The van der Waals surface area contributed by atoms with Gasteiger partial charge in [0, 0.05) is 6.42 Å². The normalized spacial score (nSPS) is 12.5. The number of carbonyl (C=O) groups is 1. The number of phenolic OH excluding ortho intramolecular Hbond substituents is 1. The maximum atomic E-state index is 10.3. The molecule has 1 N–H and O–H groups in total. The van der Waals surface area contributed by atoms with Gasteiger partial charge in [0.15, 0.2) is 0 Å². The molecule has 0 amide bonds. The van der Waals surface area contributed by atoms with Crippen LogP contribution in [-0.4, -0.2) is 11.4 Å². The number of aldehydes is 1. The van der Waals surface area contributed by atoms with Crippen molar-refractivity contribution in [1.29, 1.82) is 0 Å². The Bertz CT molecular complexity index is 347. The number of hydrogen-bond acceptors (Lipinski definition) is 2. The Kier molecular flexibility index (Phi) is 3.53. The number of halogens is 1. The molecule has 1 atom stereocenters. The highest BCUT2D eigenvalue weighted by Crippen LogP contribution is 2.35. The number of benzene rings is 1. The standard InChI is InChI=1S/C11H13ClO2/c1-7(5-6-13)9-4-3-8(2)10(12)11(9)14/h3-4,6-7,14H,5H2,1-2H3. The quantitative estimate of drug-likeness (QED) is 0.782. The molecule has 1 aromatic carbocycles. The average molecular weight is 213 g/mol. The number of phenols is 1. The first-order chi connectivity index (χ1) is 6.57. The largest absolute Gasteiger partial charge is 0.506 e. The molecule has 0 saturated carbocycles. The zero-order valence-corrected chi connectivity index (χ0v) is 9.01. The van der Waals surface area contributed by atoms with Crippen LogP contribution in [0.4, 0.5) is 0 Å². The van der Waals surface area contributed by atoms with E-state index in [1.165, 1.54) is 0 Å². The summed E-state index contributed by atoms with van der Waals surface area (Å²) in [5.74, 6) is 0.103. The summed E-state index contributed by atoms with van der Waals surface area (Å²) in [5.41, 5.74) is 1.57. The van der Waals surface area contributed by atoms with Crippen molar-refractivity contribution in [3.05, 3.63) is 28.3 Å². The van der Waals surface area contributed by atoms with Crippen molar-refractivity contribution in [2.75, 3.05) is 0 Å². The van der Waals surface area contributed by atoms with Crippen molar-refractivity contribution in [2.24, 2.45) is 0 Å². The van der Waals surface area contributed by atoms with Gasteiger partial charge in [-0.05, 0) is 24.0 Å². The highest BCUT2D eigenvalue weighted by atomic mass is 35.5. The lowest BCUT2D eigenvalue weighted by Gasteiger charge is -2.12. The second-order valence-corrected chi connectivity index (χ2v) is 3.82. The highest BCUT2D eigenvalue weighted by molar-refractivity contribution is 6.32. The van der Waals surface area contributed by atoms with Crippen LogP contribution in [0.1, 0.15) is 30.4 Å². The summed E-state index contributed by atoms with van der Waals surface area (Å²) >= 11 is 5.89. The van der Waals surface area contributed by atoms with E-state index in [0.717, 1.165) is 17.4 Å². The SMILES string of the molecule is Cc1ccc(C(C)CC=O)c(O)c1Cl. The van der Waals surface area contributed by atoms with E-state index >= 15 is 0 Å². The van der Waals surface area contributed by atoms with Crippen LogP contribution in [0.15, 0.2) is 12.1 Å². The molecule has 0 radical (unpaired) electrons. The smallest absolute Gasteiger partial charge is 0.137 e. The minimum absolute atomic E-state index is 0.00519. The van der Waals surface area contributed by atoms with Gasteiger partial charge in [-0.3, -0.25) is 0 Å². The summed E-state index contributed by atoms with van der Waals surface area (Å²) in [6.07, 6.45) is 1.24. The molecule has 1 rings (SSSR count). The third kappa shape index (κ3) is 2.07. The fourth-order valence-corrected chi connectivity index (χ4v) is 1.52. The third-order valence-electron chi connectivity index (χ3n) is 2.32. The van der Waals surface area contributed by atoms with Crippen LogP contribution >= 0.6 is 11.6 Å². The molecule has 0 heterocycles. The molecule has 0 aliphatic heterocycles. The molecule has 0 fully saturated rings. The van der Waals surface area contributed by atoms with Crippen LogP contribution in [0.5, 0.6) is 5.75 Å². The van der Waals surface area contributed by atoms with E-state index in [4.69, 9.17) is 11.6 Å². The van der Waals surface area contributed by atoms with Crippen LogP contribution in [0.3, 0.4) is 0 Å². The molecular weight excluding hydrogens is 200 g/mol. The van der Waals surface area contributed by atoms with Gasteiger partial charge in [0.05, 0.1) is 5.02 Å². The predicted octanol–water partition coefficient (Wildman–Crippen LogP) is 3.05. The minimum atomic E-state index is 0.00519. The van der Waals surface area contributed by atoms with Gasteiger partial charge in [-0.1, -0.05) is 30.7 Å². The maximum Gasteiger partial charge on any atom is 0.137 e. The van der Waals surface area contributed by atoms with Crippen molar-refractivity contribution in [1.82, 2.24) is 0 Å². The summed E-state index contributed by atoms with van der Waals surface area (Å²) in [6.45, 7) is 3.71. The Balaban J connectivity index is 3.10. The summed E-state index contributed by atoms with van der Waals surface area (Å²) in [6, 6.07) is 3.66. The monoisotopic (exact) mass is 212 g/mol.